The van der Waals surface area contributed by atoms with Gasteiger partial charge in [-0.05, 0) is 64.2 Å². The number of aliphatic hydroxyl groups excluding tert-OH is 1. The highest BCUT2D eigenvalue weighted by Crippen LogP contribution is 2.41. The molecule has 1 aromatic carbocycles. The molecule has 2 rings (SSSR count). The zero-order valence-corrected chi connectivity index (χ0v) is 15.9. The van der Waals surface area contributed by atoms with E-state index in [1.165, 1.54) is 0 Å². The van der Waals surface area contributed by atoms with Gasteiger partial charge in [0.1, 0.15) is 5.60 Å². The summed E-state index contributed by atoms with van der Waals surface area (Å²) in [7, 11) is 0. The topological polar surface area (TPSA) is 58.6 Å². The number of carbonyl (C=O) groups is 1. The molecule has 0 saturated heterocycles. The zero-order valence-electron chi connectivity index (χ0n) is 14.4. The molecule has 24 heavy (non-hydrogen) atoms. The molecule has 1 aliphatic carbocycles. The second kappa shape index (κ2) is 7.51. The van der Waals surface area contributed by atoms with Crippen molar-refractivity contribution in [1.82, 2.24) is 5.32 Å². The van der Waals surface area contributed by atoms with Crippen LogP contribution < -0.4 is 5.32 Å². The predicted molar refractivity (Wildman–Crippen MR) is 96.9 cm³/mol. The molecule has 0 spiro atoms. The van der Waals surface area contributed by atoms with Gasteiger partial charge >= 0.3 is 6.09 Å². The maximum absolute atomic E-state index is 12.0. The molecule has 2 atom stereocenters. The molecule has 0 unspecified atom stereocenters. The Bertz CT molecular complexity index is 600. The summed E-state index contributed by atoms with van der Waals surface area (Å²) in [5, 5.41) is 14.0. The minimum atomic E-state index is -0.549. The monoisotopic (exact) mass is 373 g/mol. The molecule has 1 saturated carbocycles. The number of benzene rings is 1. The van der Waals surface area contributed by atoms with E-state index in [-0.39, 0.29) is 5.41 Å². The smallest absolute Gasteiger partial charge is 0.407 e. The van der Waals surface area contributed by atoms with Crippen LogP contribution in [-0.4, -0.2) is 29.4 Å². The Morgan fingerprint density at radius 2 is 2.08 bits per heavy atom. The maximum atomic E-state index is 12.0. The lowest BCUT2D eigenvalue weighted by Gasteiger charge is -2.40. The van der Waals surface area contributed by atoms with Gasteiger partial charge in [0.05, 0.1) is 16.1 Å². The highest BCUT2D eigenvalue weighted by molar-refractivity contribution is 6.42. The zero-order chi connectivity index (χ0) is 18.0. The number of hydrogen-bond acceptors (Lipinski definition) is 3. The van der Waals surface area contributed by atoms with Crippen molar-refractivity contribution < 1.29 is 14.6 Å². The van der Waals surface area contributed by atoms with Crippen molar-refractivity contribution in [3.05, 3.63) is 33.8 Å². The molecule has 0 heterocycles. The van der Waals surface area contributed by atoms with Crippen molar-refractivity contribution >= 4 is 29.3 Å². The van der Waals surface area contributed by atoms with E-state index in [0.717, 1.165) is 24.8 Å². The van der Waals surface area contributed by atoms with E-state index in [1.54, 1.807) is 6.07 Å². The molecule has 0 aromatic heterocycles. The number of amides is 1. The Kier molecular flexibility index (Phi) is 6.05. The minimum absolute atomic E-state index is 0.372. The van der Waals surface area contributed by atoms with Gasteiger partial charge in [-0.2, -0.15) is 0 Å². The SMILES string of the molecule is CC(C)(C)OC(=O)NC[C@]1(c2ccc(Cl)c(Cl)c2)CCC[C@@H](O)C1. The largest absolute Gasteiger partial charge is 0.444 e. The van der Waals surface area contributed by atoms with E-state index in [0.29, 0.717) is 23.0 Å². The highest BCUT2D eigenvalue weighted by atomic mass is 35.5. The number of carbonyl (C=O) groups excluding carboxylic acids is 1. The first-order valence-electron chi connectivity index (χ1n) is 8.22. The summed E-state index contributed by atoms with van der Waals surface area (Å²) in [6, 6.07) is 5.51. The third-order valence-electron chi connectivity index (χ3n) is 4.32. The molecule has 6 heteroatoms. The van der Waals surface area contributed by atoms with Crippen LogP contribution in [0.3, 0.4) is 0 Å². The Morgan fingerprint density at radius 1 is 1.38 bits per heavy atom. The molecule has 1 amide bonds. The van der Waals surface area contributed by atoms with Gasteiger partial charge < -0.3 is 15.2 Å². The number of nitrogens with one attached hydrogen (secondary N) is 1. The first-order valence-corrected chi connectivity index (χ1v) is 8.97. The Labute approximate surface area is 153 Å². The number of halogens is 2. The van der Waals surface area contributed by atoms with Gasteiger partial charge in [0.15, 0.2) is 0 Å². The molecule has 4 nitrogen and oxygen atoms in total. The summed E-state index contributed by atoms with van der Waals surface area (Å²) in [6.07, 6.45) is 2.24. The van der Waals surface area contributed by atoms with Crippen molar-refractivity contribution in [1.29, 1.82) is 0 Å². The Balaban J connectivity index is 2.21. The molecule has 134 valence electrons. The van der Waals surface area contributed by atoms with Gasteiger partial charge in [0.25, 0.3) is 0 Å². The van der Waals surface area contributed by atoms with E-state index in [2.05, 4.69) is 5.32 Å². The van der Waals surface area contributed by atoms with Crippen LogP contribution in [0.1, 0.15) is 52.0 Å². The van der Waals surface area contributed by atoms with Crippen molar-refractivity contribution in [3.8, 4) is 0 Å². The molecule has 0 aliphatic heterocycles. The summed E-state index contributed by atoms with van der Waals surface area (Å²) >= 11 is 12.2. The van der Waals surface area contributed by atoms with Crippen LogP contribution in [0.5, 0.6) is 0 Å². The number of alkyl carbamates (subject to hydrolysis) is 1. The summed E-state index contributed by atoms with van der Waals surface area (Å²) in [4.78, 5) is 12.0. The van der Waals surface area contributed by atoms with Crippen LogP contribution in [0.15, 0.2) is 18.2 Å². The van der Waals surface area contributed by atoms with Crippen molar-refractivity contribution in [2.75, 3.05) is 6.54 Å². The maximum Gasteiger partial charge on any atom is 0.407 e. The van der Waals surface area contributed by atoms with Crippen LogP contribution in [0, 0.1) is 0 Å². The molecule has 0 radical (unpaired) electrons. The average Bonchev–Trinajstić information content (AvgIpc) is 2.46. The predicted octanol–water partition coefficient (Wildman–Crippen LogP) is 4.69. The lowest BCUT2D eigenvalue weighted by atomic mass is 9.68. The molecule has 0 bridgehead atoms. The number of rotatable bonds is 3. The Morgan fingerprint density at radius 3 is 2.67 bits per heavy atom. The van der Waals surface area contributed by atoms with Gasteiger partial charge in [0, 0.05) is 12.0 Å². The summed E-state index contributed by atoms with van der Waals surface area (Å²) in [6.45, 7) is 5.86. The lowest BCUT2D eigenvalue weighted by Crippen LogP contribution is -2.46. The van der Waals surface area contributed by atoms with Crippen LogP contribution in [0.25, 0.3) is 0 Å². The molecule has 1 fully saturated rings. The lowest BCUT2D eigenvalue weighted by molar-refractivity contribution is 0.0464. The van der Waals surface area contributed by atoms with E-state index >= 15 is 0 Å². The first kappa shape index (κ1) is 19.4. The number of ether oxygens (including phenoxy) is 1. The quantitative estimate of drug-likeness (QED) is 0.807. The van der Waals surface area contributed by atoms with Gasteiger partial charge in [-0.25, -0.2) is 4.79 Å². The van der Waals surface area contributed by atoms with E-state index in [9.17, 15) is 9.90 Å². The standard InChI is InChI=1S/C18H25Cl2NO3/c1-17(2,3)24-16(23)21-11-18(8-4-5-13(22)10-18)12-6-7-14(19)15(20)9-12/h6-7,9,13,22H,4-5,8,10-11H2,1-3H3,(H,21,23)/t13-,18+/m1/s1. The van der Waals surface area contributed by atoms with Crippen LogP contribution in [0.2, 0.25) is 10.0 Å². The Hall–Kier alpha value is -0.970. The van der Waals surface area contributed by atoms with Crippen LogP contribution in [0.4, 0.5) is 4.79 Å². The number of hydrogen-bond donors (Lipinski definition) is 2. The number of aliphatic hydroxyl groups is 1. The van der Waals surface area contributed by atoms with E-state index in [1.807, 2.05) is 32.9 Å². The van der Waals surface area contributed by atoms with Gasteiger partial charge in [-0.1, -0.05) is 29.3 Å². The third-order valence-corrected chi connectivity index (χ3v) is 5.06. The molecular weight excluding hydrogens is 349 g/mol. The van der Waals surface area contributed by atoms with Crippen molar-refractivity contribution in [3.63, 3.8) is 0 Å². The second-order valence-electron chi connectivity index (χ2n) is 7.51. The van der Waals surface area contributed by atoms with Crippen LogP contribution >= 0.6 is 23.2 Å². The van der Waals surface area contributed by atoms with Crippen LogP contribution in [-0.2, 0) is 10.2 Å². The second-order valence-corrected chi connectivity index (χ2v) is 8.33. The minimum Gasteiger partial charge on any atom is -0.444 e. The molecule has 1 aliphatic rings. The van der Waals surface area contributed by atoms with Gasteiger partial charge in [0.2, 0.25) is 0 Å². The van der Waals surface area contributed by atoms with E-state index in [4.69, 9.17) is 27.9 Å². The average molecular weight is 374 g/mol. The van der Waals surface area contributed by atoms with Gasteiger partial charge in [-0.15, -0.1) is 0 Å². The first-order chi connectivity index (χ1) is 11.1. The molecular formula is C18H25Cl2NO3. The summed E-state index contributed by atoms with van der Waals surface area (Å²) in [5.41, 5.74) is 0.0575. The fourth-order valence-electron chi connectivity index (χ4n) is 3.24. The fraction of sp³-hybridized carbons (Fsp3) is 0.611. The van der Waals surface area contributed by atoms with Crippen molar-refractivity contribution in [2.24, 2.45) is 0 Å². The van der Waals surface area contributed by atoms with Gasteiger partial charge in [-0.3, -0.25) is 0 Å². The highest BCUT2D eigenvalue weighted by Gasteiger charge is 2.38. The third kappa shape index (κ3) is 5.01. The van der Waals surface area contributed by atoms with Crippen molar-refractivity contribution in [2.45, 2.75) is 63.6 Å². The molecule has 1 aromatic rings. The molecule has 2 N–H and O–H groups in total. The summed E-state index contributed by atoms with van der Waals surface area (Å²) in [5.74, 6) is 0. The summed E-state index contributed by atoms with van der Waals surface area (Å²) < 4.78 is 5.32. The normalized spacial score (nSPS) is 24.5. The van der Waals surface area contributed by atoms with E-state index < -0.39 is 17.8 Å². The fourth-order valence-corrected chi connectivity index (χ4v) is 3.54.